The third-order valence-corrected chi connectivity index (χ3v) is 2.90. The highest BCUT2D eigenvalue weighted by Gasteiger charge is 2.33. The van der Waals surface area contributed by atoms with Crippen molar-refractivity contribution in [1.82, 2.24) is 10.2 Å². The van der Waals surface area contributed by atoms with Crippen molar-refractivity contribution < 1.29 is 9.59 Å². The molecule has 2 amide bonds. The van der Waals surface area contributed by atoms with E-state index in [-0.39, 0.29) is 17.9 Å². The summed E-state index contributed by atoms with van der Waals surface area (Å²) < 4.78 is 0. The van der Waals surface area contributed by atoms with Crippen LogP contribution >= 0.6 is 0 Å². The second kappa shape index (κ2) is 6.20. The number of piperazine rings is 1. The van der Waals surface area contributed by atoms with Gasteiger partial charge in [-0.25, -0.2) is 0 Å². The number of primary amides is 1. The quantitative estimate of drug-likeness (QED) is 0.241. The molecule has 18 heavy (non-hydrogen) atoms. The number of carbonyl (C=O) groups is 2. The highest BCUT2D eigenvalue weighted by molar-refractivity contribution is 5.90. The molecule has 1 aliphatic heterocycles. The number of carbonyl (C=O) groups excluding carboxylic acids is 2. The Hall–Kier alpha value is -1.83. The normalized spacial score (nSPS) is 24.4. The minimum Gasteiger partial charge on any atom is -0.370 e. The van der Waals surface area contributed by atoms with E-state index in [1.54, 1.807) is 7.05 Å². The summed E-state index contributed by atoms with van der Waals surface area (Å²) >= 11 is 0. The fourth-order valence-corrected chi connectivity index (χ4v) is 1.93. The first-order valence-corrected chi connectivity index (χ1v) is 5.77. The largest absolute Gasteiger partial charge is 0.370 e. The minimum atomic E-state index is -0.614. The minimum absolute atomic E-state index is 0.0465. The number of amides is 2. The van der Waals surface area contributed by atoms with Crippen LogP contribution in [0.1, 0.15) is 12.8 Å². The molecule has 0 bridgehead atoms. The number of nitrogens with zero attached hydrogens (tertiary/aromatic N) is 2. The predicted octanol–water partition coefficient (Wildman–Crippen LogP) is -2.68. The van der Waals surface area contributed by atoms with Crippen LogP contribution in [0, 0.1) is 0 Å². The maximum atomic E-state index is 11.8. The molecular formula is C10H20N6O2. The summed E-state index contributed by atoms with van der Waals surface area (Å²) in [5, 5.41) is 2.61. The maximum absolute atomic E-state index is 11.8. The van der Waals surface area contributed by atoms with Crippen LogP contribution in [0.15, 0.2) is 4.99 Å². The summed E-state index contributed by atoms with van der Waals surface area (Å²) in [7, 11) is 1.79. The standard InChI is InChI=1S/C10H20N6O2/c1-16-5-6(8(11)17)15-9(18)7(16)3-2-4-14-10(12)13/h6-7H,2-5H2,1H3,(H2,11,17)(H,15,18)(H4,12,13,14)/t6-,7-/m0/s1. The molecule has 0 aromatic carbocycles. The number of hydrogen-bond acceptors (Lipinski definition) is 4. The van der Waals surface area contributed by atoms with E-state index < -0.39 is 11.9 Å². The first-order valence-electron chi connectivity index (χ1n) is 5.77. The van der Waals surface area contributed by atoms with E-state index in [0.29, 0.717) is 25.9 Å². The molecule has 0 spiro atoms. The van der Waals surface area contributed by atoms with E-state index >= 15 is 0 Å². The van der Waals surface area contributed by atoms with Crippen molar-refractivity contribution in [1.29, 1.82) is 0 Å². The van der Waals surface area contributed by atoms with Gasteiger partial charge in [0, 0.05) is 13.1 Å². The van der Waals surface area contributed by atoms with Gasteiger partial charge < -0.3 is 22.5 Å². The number of nitrogens with one attached hydrogen (secondary N) is 1. The Labute approximate surface area is 106 Å². The second-order valence-corrected chi connectivity index (χ2v) is 4.37. The molecule has 1 fully saturated rings. The van der Waals surface area contributed by atoms with E-state index in [1.165, 1.54) is 0 Å². The first kappa shape index (κ1) is 14.2. The van der Waals surface area contributed by atoms with Crippen molar-refractivity contribution in [2.24, 2.45) is 22.2 Å². The van der Waals surface area contributed by atoms with Gasteiger partial charge in [-0.2, -0.15) is 0 Å². The van der Waals surface area contributed by atoms with Crippen LogP contribution in [0.5, 0.6) is 0 Å². The van der Waals surface area contributed by atoms with E-state index in [1.807, 2.05) is 4.90 Å². The highest BCUT2D eigenvalue weighted by atomic mass is 16.2. The van der Waals surface area contributed by atoms with E-state index in [9.17, 15) is 9.59 Å². The molecular weight excluding hydrogens is 236 g/mol. The number of hydrogen-bond donors (Lipinski definition) is 4. The van der Waals surface area contributed by atoms with Crippen LogP contribution in [-0.4, -0.2) is 54.9 Å². The number of aliphatic imine (C=N–C) groups is 1. The van der Waals surface area contributed by atoms with Gasteiger partial charge in [0.15, 0.2) is 5.96 Å². The van der Waals surface area contributed by atoms with Crippen molar-refractivity contribution in [2.45, 2.75) is 24.9 Å². The Morgan fingerprint density at radius 2 is 2.17 bits per heavy atom. The molecule has 1 saturated heterocycles. The van der Waals surface area contributed by atoms with E-state index in [0.717, 1.165) is 0 Å². The van der Waals surface area contributed by atoms with E-state index in [4.69, 9.17) is 17.2 Å². The lowest BCUT2D eigenvalue weighted by Crippen LogP contribution is -2.62. The van der Waals surface area contributed by atoms with Gasteiger partial charge in [-0.1, -0.05) is 0 Å². The molecule has 1 rings (SSSR count). The fourth-order valence-electron chi connectivity index (χ4n) is 1.93. The summed E-state index contributed by atoms with van der Waals surface area (Å²) in [6, 6.07) is -0.883. The van der Waals surface area contributed by atoms with Gasteiger partial charge in [-0.15, -0.1) is 0 Å². The van der Waals surface area contributed by atoms with Crippen LogP contribution in [0.4, 0.5) is 0 Å². The summed E-state index contributed by atoms with van der Waals surface area (Å²) in [6.07, 6.45) is 1.33. The average Bonchev–Trinajstić information content (AvgIpc) is 2.26. The molecule has 8 nitrogen and oxygen atoms in total. The van der Waals surface area contributed by atoms with Gasteiger partial charge in [-0.05, 0) is 19.9 Å². The molecule has 2 atom stereocenters. The Bertz CT molecular complexity index is 352. The predicted molar refractivity (Wildman–Crippen MR) is 67.5 cm³/mol. The fraction of sp³-hybridized carbons (Fsp3) is 0.700. The van der Waals surface area contributed by atoms with Gasteiger partial charge in [0.1, 0.15) is 6.04 Å². The van der Waals surface area contributed by atoms with Crippen molar-refractivity contribution >= 4 is 17.8 Å². The Morgan fingerprint density at radius 3 is 2.67 bits per heavy atom. The van der Waals surface area contributed by atoms with Gasteiger partial charge in [0.05, 0.1) is 6.04 Å². The molecule has 0 radical (unpaired) electrons. The molecule has 0 aromatic heterocycles. The lowest BCUT2D eigenvalue weighted by Gasteiger charge is -2.35. The van der Waals surface area contributed by atoms with Crippen LogP contribution < -0.4 is 22.5 Å². The zero-order chi connectivity index (χ0) is 13.7. The van der Waals surface area contributed by atoms with Crippen molar-refractivity contribution in [3.05, 3.63) is 0 Å². The van der Waals surface area contributed by atoms with Crippen LogP contribution in [0.2, 0.25) is 0 Å². The molecule has 0 unspecified atom stereocenters. The Morgan fingerprint density at radius 1 is 1.50 bits per heavy atom. The molecule has 1 aliphatic rings. The van der Waals surface area contributed by atoms with Gasteiger partial charge in [0.2, 0.25) is 11.8 Å². The molecule has 0 aliphatic carbocycles. The summed E-state index contributed by atoms with van der Waals surface area (Å²) in [5.74, 6) is -0.656. The lowest BCUT2D eigenvalue weighted by atomic mass is 10.0. The van der Waals surface area contributed by atoms with Crippen LogP contribution in [-0.2, 0) is 9.59 Å². The zero-order valence-electron chi connectivity index (χ0n) is 10.4. The lowest BCUT2D eigenvalue weighted by molar-refractivity contribution is -0.135. The number of rotatable bonds is 5. The molecule has 7 N–H and O–H groups in total. The monoisotopic (exact) mass is 256 g/mol. The third kappa shape index (κ3) is 3.88. The molecule has 8 heteroatoms. The molecule has 0 aromatic rings. The van der Waals surface area contributed by atoms with Gasteiger partial charge in [0.25, 0.3) is 0 Å². The third-order valence-electron chi connectivity index (χ3n) is 2.90. The summed E-state index contributed by atoms with van der Waals surface area (Å²) in [4.78, 5) is 28.5. The first-order chi connectivity index (χ1) is 8.41. The number of likely N-dealkylation sites (N-methyl/N-ethyl adjacent to an activating group) is 1. The van der Waals surface area contributed by atoms with Gasteiger partial charge >= 0.3 is 0 Å². The zero-order valence-corrected chi connectivity index (χ0v) is 10.4. The SMILES string of the molecule is CN1C[C@@H](C(N)=O)NC(=O)[C@@H]1CCCN=C(N)N. The second-order valence-electron chi connectivity index (χ2n) is 4.37. The maximum Gasteiger partial charge on any atom is 0.241 e. The van der Waals surface area contributed by atoms with Crippen molar-refractivity contribution in [2.75, 3.05) is 20.1 Å². The molecule has 1 heterocycles. The van der Waals surface area contributed by atoms with Crippen molar-refractivity contribution in [3.8, 4) is 0 Å². The Kier molecular flexibility index (Phi) is 4.90. The van der Waals surface area contributed by atoms with Crippen LogP contribution in [0.25, 0.3) is 0 Å². The number of guanidine groups is 1. The molecule has 102 valence electrons. The Balaban J connectivity index is 2.45. The topological polar surface area (TPSA) is 140 Å². The van der Waals surface area contributed by atoms with Crippen LogP contribution in [0.3, 0.4) is 0 Å². The average molecular weight is 256 g/mol. The van der Waals surface area contributed by atoms with E-state index in [2.05, 4.69) is 10.3 Å². The summed E-state index contributed by atoms with van der Waals surface area (Å²) in [6.45, 7) is 0.910. The van der Waals surface area contributed by atoms with Crippen molar-refractivity contribution in [3.63, 3.8) is 0 Å². The van der Waals surface area contributed by atoms with Gasteiger partial charge in [-0.3, -0.25) is 19.5 Å². The smallest absolute Gasteiger partial charge is 0.241 e. The highest BCUT2D eigenvalue weighted by Crippen LogP contribution is 2.11. The number of nitrogens with two attached hydrogens (primary N) is 3. The molecule has 0 saturated carbocycles. The summed E-state index contributed by atoms with van der Waals surface area (Å²) in [5.41, 5.74) is 15.6.